The monoisotopic (exact) mass is 488 g/mol. The molecule has 0 bridgehead atoms. The molecule has 2 fully saturated rings. The Morgan fingerprint density at radius 1 is 1.19 bits per heavy atom. The SMILES string of the molecule is CC(=O)N1C[C@H]2CC(/C=C/c3ccc[n+](CC(=O)Nc4ccc(O)cc4)c3)=C(C(=O)[O-])N3C(=O)[C@@H]1[C@@H]23. The number of allylic oxidation sites excluding steroid dienone is 2. The molecule has 5 rings (SSSR count). The third-order valence-corrected chi connectivity index (χ3v) is 6.82. The number of anilines is 1. The molecule has 0 saturated carbocycles. The molecular formula is C26H24N4O6. The Labute approximate surface area is 206 Å². The van der Waals surface area contributed by atoms with Crippen molar-refractivity contribution in [2.24, 2.45) is 5.92 Å². The first-order valence-electron chi connectivity index (χ1n) is 11.5. The number of carbonyl (C=O) groups excluding carboxylic acids is 4. The number of phenols is 1. The van der Waals surface area contributed by atoms with E-state index >= 15 is 0 Å². The number of nitrogens with one attached hydrogen (secondary N) is 1. The smallest absolute Gasteiger partial charge is 0.290 e. The summed E-state index contributed by atoms with van der Waals surface area (Å²) in [7, 11) is 0. The summed E-state index contributed by atoms with van der Waals surface area (Å²) in [5, 5.41) is 24.1. The summed E-state index contributed by atoms with van der Waals surface area (Å²) in [5.74, 6) is -2.19. The fourth-order valence-corrected chi connectivity index (χ4v) is 5.28. The second-order valence-electron chi connectivity index (χ2n) is 9.18. The lowest BCUT2D eigenvalue weighted by atomic mass is 9.79. The number of aromatic hydroxyl groups is 1. The first-order chi connectivity index (χ1) is 17.2. The van der Waals surface area contributed by atoms with Crippen molar-refractivity contribution in [3.63, 3.8) is 0 Å². The van der Waals surface area contributed by atoms with Crippen molar-refractivity contribution in [1.29, 1.82) is 0 Å². The summed E-state index contributed by atoms with van der Waals surface area (Å²) in [6.45, 7) is 1.87. The maximum Gasteiger partial charge on any atom is 0.290 e. The van der Waals surface area contributed by atoms with Crippen LogP contribution in [-0.4, -0.2) is 57.2 Å². The van der Waals surface area contributed by atoms with E-state index in [-0.39, 0.29) is 47.7 Å². The topological polar surface area (TPSA) is 134 Å². The molecule has 184 valence electrons. The number of aromatic nitrogens is 1. The van der Waals surface area contributed by atoms with Gasteiger partial charge in [-0.1, -0.05) is 6.08 Å². The van der Waals surface area contributed by atoms with Crippen molar-refractivity contribution >= 4 is 35.5 Å². The van der Waals surface area contributed by atoms with Crippen molar-refractivity contribution in [3.8, 4) is 5.75 Å². The zero-order chi connectivity index (χ0) is 25.6. The minimum absolute atomic E-state index is 0.0383. The summed E-state index contributed by atoms with van der Waals surface area (Å²) in [4.78, 5) is 51.8. The number of β-lactam (4-membered cyclic amide) rings is 1. The van der Waals surface area contributed by atoms with Crippen LogP contribution in [0.5, 0.6) is 5.75 Å². The van der Waals surface area contributed by atoms with E-state index < -0.39 is 12.0 Å². The van der Waals surface area contributed by atoms with E-state index in [9.17, 15) is 29.4 Å². The zero-order valence-electron chi connectivity index (χ0n) is 19.5. The van der Waals surface area contributed by atoms with Crippen LogP contribution >= 0.6 is 0 Å². The quantitative estimate of drug-likeness (QED) is 0.329. The highest BCUT2D eigenvalue weighted by Gasteiger charge is 2.62. The van der Waals surface area contributed by atoms with Crippen molar-refractivity contribution in [2.45, 2.75) is 32.0 Å². The number of likely N-dealkylation sites (tertiary alicyclic amines) is 1. The Kier molecular flexibility index (Phi) is 5.79. The molecule has 10 heteroatoms. The van der Waals surface area contributed by atoms with Gasteiger partial charge in [-0.15, -0.1) is 0 Å². The second-order valence-corrected chi connectivity index (χ2v) is 9.18. The minimum atomic E-state index is -1.42. The van der Waals surface area contributed by atoms with Crippen LogP contribution in [0.3, 0.4) is 0 Å². The van der Waals surface area contributed by atoms with Crippen LogP contribution in [0, 0.1) is 5.92 Å². The van der Waals surface area contributed by atoms with Crippen molar-refractivity contribution in [1.82, 2.24) is 9.80 Å². The molecule has 3 atom stereocenters. The molecule has 1 aromatic heterocycles. The number of rotatable bonds is 6. The van der Waals surface area contributed by atoms with E-state index in [0.29, 0.717) is 24.2 Å². The number of carbonyl (C=O) groups is 4. The lowest BCUT2D eigenvalue weighted by Gasteiger charge is -2.50. The highest BCUT2D eigenvalue weighted by atomic mass is 16.4. The lowest BCUT2D eigenvalue weighted by Crippen LogP contribution is -2.69. The fourth-order valence-electron chi connectivity index (χ4n) is 5.28. The summed E-state index contributed by atoms with van der Waals surface area (Å²) in [6.07, 6.45) is 7.28. The maximum absolute atomic E-state index is 12.7. The molecular weight excluding hydrogens is 464 g/mol. The van der Waals surface area contributed by atoms with Gasteiger partial charge >= 0.3 is 0 Å². The number of nitrogens with zero attached hydrogens (tertiary/aromatic N) is 3. The van der Waals surface area contributed by atoms with Gasteiger partial charge in [0.15, 0.2) is 12.4 Å². The first-order valence-corrected chi connectivity index (χ1v) is 11.5. The highest BCUT2D eigenvalue weighted by Crippen LogP contribution is 2.47. The van der Waals surface area contributed by atoms with Gasteiger partial charge in [0.05, 0.1) is 17.7 Å². The highest BCUT2D eigenvalue weighted by molar-refractivity contribution is 6.02. The molecule has 0 radical (unpaired) electrons. The molecule has 2 saturated heterocycles. The van der Waals surface area contributed by atoms with Crippen LogP contribution in [0.2, 0.25) is 0 Å². The molecule has 0 aliphatic carbocycles. The molecule has 2 aromatic rings. The molecule has 36 heavy (non-hydrogen) atoms. The number of pyridine rings is 1. The Balaban J connectivity index is 1.33. The predicted molar refractivity (Wildman–Crippen MR) is 124 cm³/mol. The molecule has 3 aliphatic rings. The van der Waals surface area contributed by atoms with Crippen LogP contribution in [0.25, 0.3) is 6.08 Å². The van der Waals surface area contributed by atoms with Gasteiger partial charge in [0.1, 0.15) is 11.8 Å². The molecule has 10 nitrogen and oxygen atoms in total. The van der Waals surface area contributed by atoms with E-state index in [1.807, 2.05) is 6.07 Å². The van der Waals surface area contributed by atoms with Crippen molar-refractivity contribution in [3.05, 3.63) is 71.7 Å². The van der Waals surface area contributed by atoms with E-state index in [0.717, 1.165) is 5.56 Å². The van der Waals surface area contributed by atoms with E-state index in [4.69, 9.17) is 0 Å². The summed E-state index contributed by atoms with van der Waals surface area (Å²) in [6, 6.07) is 8.82. The third-order valence-electron chi connectivity index (χ3n) is 6.82. The van der Waals surface area contributed by atoms with Crippen LogP contribution in [0.4, 0.5) is 5.69 Å². The third kappa shape index (κ3) is 4.10. The standard InChI is InChI=1S/C26H24N4O6/c1-15(31)29-13-18-11-17(23(26(35)36)30-22(18)24(29)25(30)34)5-4-16-3-2-10-28(12-16)14-21(33)27-19-6-8-20(32)9-7-19/h2-10,12,18,22,24H,11,13-14H2,1H3,(H2-,27,32,33,35,36)/b5-4+/t18-,22-,24+/m1/s1. The number of aliphatic carboxylic acids is 1. The van der Waals surface area contributed by atoms with E-state index in [1.165, 1.54) is 28.9 Å². The Bertz CT molecular complexity index is 1330. The van der Waals surface area contributed by atoms with Gasteiger partial charge in [-0.05, 0) is 48.4 Å². The molecule has 3 amide bonds. The van der Waals surface area contributed by atoms with Crippen LogP contribution < -0.4 is 15.0 Å². The van der Waals surface area contributed by atoms with Crippen LogP contribution in [0.1, 0.15) is 18.9 Å². The number of hydrogen-bond donors (Lipinski definition) is 2. The normalized spacial score (nSPS) is 22.5. The first kappa shape index (κ1) is 23.3. The number of amides is 3. The lowest BCUT2D eigenvalue weighted by molar-refractivity contribution is -0.684. The van der Waals surface area contributed by atoms with Gasteiger partial charge in [0.25, 0.3) is 11.8 Å². The predicted octanol–water partition coefficient (Wildman–Crippen LogP) is -0.203. The molecule has 1 aromatic carbocycles. The largest absolute Gasteiger partial charge is 0.543 e. The summed E-state index contributed by atoms with van der Waals surface area (Å²) in [5.41, 5.74) is 1.61. The molecule has 3 aliphatic heterocycles. The fraction of sp³-hybridized carbons (Fsp3) is 0.269. The number of carboxylic acids is 1. The van der Waals surface area contributed by atoms with E-state index in [1.54, 1.807) is 47.3 Å². The molecule has 4 heterocycles. The van der Waals surface area contributed by atoms with E-state index in [2.05, 4.69) is 5.32 Å². The van der Waals surface area contributed by atoms with Gasteiger partial charge in [0, 0.05) is 36.7 Å². The Morgan fingerprint density at radius 2 is 1.94 bits per heavy atom. The van der Waals surface area contributed by atoms with Gasteiger partial charge in [-0.3, -0.25) is 14.4 Å². The zero-order valence-corrected chi connectivity index (χ0v) is 19.5. The number of hydrogen-bond acceptors (Lipinski definition) is 6. The van der Waals surface area contributed by atoms with Crippen LogP contribution in [0.15, 0.2) is 66.1 Å². The average molecular weight is 489 g/mol. The van der Waals surface area contributed by atoms with Gasteiger partial charge in [-0.2, -0.15) is 4.57 Å². The number of benzene rings is 1. The average Bonchev–Trinajstić information content (AvgIpc) is 3.20. The maximum atomic E-state index is 12.7. The summed E-state index contributed by atoms with van der Waals surface area (Å²) >= 11 is 0. The number of carboxylic acid groups (broad SMARTS) is 1. The van der Waals surface area contributed by atoms with Gasteiger partial charge < -0.3 is 30.1 Å². The van der Waals surface area contributed by atoms with Crippen LogP contribution in [-0.2, 0) is 25.7 Å². The second kappa shape index (κ2) is 8.95. The summed E-state index contributed by atoms with van der Waals surface area (Å²) < 4.78 is 1.69. The minimum Gasteiger partial charge on any atom is -0.543 e. The number of phenolic OH excluding ortho intramolecular Hbond substituents is 1. The molecule has 0 unspecified atom stereocenters. The van der Waals surface area contributed by atoms with Crippen molar-refractivity contribution < 1.29 is 34.0 Å². The van der Waals surface area contributed by atoms with Gasteiger partial charge in [-0.25, -0.2) is 0 Å². The Hall–Kier alpha value is -4.47. The molecule has 2 N–H and O–H groups in total. The van der Waals surface area contributed by atoms with Gasteiger partial charge in [0.2, 0.25) is 12.5 Å². The van der Waals surface area contributed by atoms with Crippen molar-refractivity contribution in [2.75, 3.05) is 11.9 Å². The Morgan fingerprint density at radius 3 is 2.64 bits per heavy atom. The molecule has 0 spiro atoms.